The highest BCUT2D eigenvalue weighted by Crippen LogP contribution is 2.38. The first kappa shape index (κ1) is 10.1. The molecule has 0 amide bonds. The molecular weight excluding hydrogens is 184 g/mol. The lowest BCUT2D eigenvalue weighted by Crippen LogP contribution is -2.29. The van der Waals surface area contributed by atoms with Gasteiger partial charge in [-0.3, -0.25) is 0 Å². The number of rotatable bonds is 2. The molecule has 2 fully saturated rings. The van der Waals surface area contributed by atoms with E-state index in [4.69, 9.17) is 14.2 Å². The summed E-state index contributed by atoms with van der Waals surface area (Å²) in [6.45, 7) is 7.31. The van der Waals surface area contributed by atoms with Crippen molar-refractivity contribution < 1.29 is 19.3 Å². The number of hydrogen-bond acceptors (Lipinski definition) is 4. The van der Waals surface area contributed by atoms with Crippen LogP contribution in [-0.4, -0.2) is 35.5 Å². The second-order valence-electron chi connectivity index (χ2n) is 4.15. The van der Waals surface area contributed by atoms with Gasteiger partial charge in [0, 0.05) is 0 Å². The molecule has 0 saturated carbocycles. The van der Waals surface area contributed by atoms with Crippen LogP contribution in [-0.2, 0) is 14.2 Å². The Morgan fingerprint density at radius 2 is 2.00 bits per heavy atom. The van der Waals surface area contributed by atoms with E-state index in [0.29, 0.717) is 6.42 Å². The molecule has 0 unspecified atom stereocenters. The molecule has 2 rings (SSSR count). The summed E-state index contributed by atoms with van der Waals surface area (Å²) >= 11 is 0. The molecule has 0 aliphatic carbocycles. The van der Waals surface area contributed by atoms with Crippen LogP contribution < -0.4 is 0 Å². The minimum Gasteiger partial charge on any atom is -0.366 e. The lowest BCUT2D eigenvalue weighted by atomic mass is 10.1. The summed E-state index contributed by atoms with van der Waals surface area (Å²) in [5.74, 6) is -0.625. The highest BCUT2D eigenvalue weighted by Gasteiger charge is 2.54. The Morgan fingerprint density at radius 3 is 2.64 bits per heavy atom. The molecule has 4 atom stereocenters. The van der Waals surface area contributed by atoms with Crippen LogP contribution in [0.1, 0.15) is 20.3 Å². The quantitative estimate of drug-likeness (QED) is 0.670. The molecule has 14 heavy (non-hydrogen) atoms. The van der Waals surface area contributed by atoms with E-state index in [2.05, 4.69) is 6.58 Å². The predicted molar refractivity (Wildman–Crippen MR) is 49.5 cm³/mol. The first-order valence-corrected chi connectivity index (χ1v) is 4.83. The Balaban J connectivity index is 2.10. The molecule has 0 spiro atoms. The zero-order valence-corrected chi connectivity index (χ0v) is 8.47. The standard InChI is InChI=1S/C10H16O4/c1-4-5-6-7-8(9(11)12-6)14-10(2,3)13-7/h4,6-9,11H,1,5H2,2-3H3/t6-,7-,8-,9+/m0/s1. The average Bonchev–Trinajstić information content (AvgIpc) is 2.51. The van der Waals surface area contributed by atoms with Crippen molar-refractivity contribution in [2.45, 2.75) is 50.7 Å². The maximum Gasteiger partial charge on any atom is 0.184 e. The van der Waals surface area contributed by atoms with Gasteiger partial charge in [0.1, 0.15) is 12.2 Å². The maximum atomic E-state index is 9.57. The van der Waals surface area contributed by atoms with Crippen molar-refractivity contribution in [3.63, 3.8) is 0 Å². The van der Waals surface area contributed by atoms with Gasteiger partial charge in [-0.25, -0.2) is 0 Å². The summed E-state index contributed by atoms with van der Waals surface area (Å²) in [4.78, 5) is 0. The third-order valence-corrected chi connectivity index (χ3v) is 2.52. The zero-order chi connectivity index (χ0) is 10.3. The number of aliphatic hydroxyl groups excluding tert-OH is 1. The van der Waals surface area contributed by atoms with Crippen molar-refractivity contribution in [3.8, 4) is 0 Å². The Kier molecular flexibility index (Phi) is 2.39. The first-order valence-electron chi connectivity index (χ1n) is 4.83. The largest absolute Gasteiger partial charge is 0.366 e. The second-order valence-corrected chi connectivity index (χ2v) is 4.15. The van der Waals surface area contributed by atoms with Gasteiger partial charge in [0.05, 0.1) is 6.10 Å². The Labute approximate surface area is 83.5 Å². The van der Waals surface area contributed by atoms with Gasteiger partial charge in [0.2, 0.25) is 0 Å². The fourth-order valence-electron chi connectivity index (χ4n) is 2.01. The van der Waals surface area contributed by atoms with Gasteiger partial charge in [-0.1, -0.05) is 6.08 Å². The van der Waals surface area contributed by atoms with Gasteiger partial charge in [0.15, 0.2) is 12.1 Å². The molecule has 2 heterocycles. The molecule has 0 aromatic carbocycles. The van der Waals surface area contributed by atoms with E-state index >= 15 is 0 Å². The molecule has 0 radical (unpaired) electrons. The van der Waals surface area contributed by atoms with Crippen LogP contribution in [0, 0.1) is 0 Å². The highest BCUT2D eigenvalue weighted by atomic mass is 16.8. The number of fused-ring (bicyclic) bond motifs is 1. The normalized spacial score (nSPS) is 45.1. The summed E-state index contributed by atoms with van der Waals surface area (Å²) in [5, 5.41) is 9.57. The molecule has 4 nitrogen and oxygen atoms in total. The molecule has 2 aliphatic rings. The molecule has 0 aromatic rings. The van der Waals surface area contributed by atoms with Crippen LogP contribution in [0.3, 0.4) is 0 Å². The van der Waals surface area contributed by atoms with Crippen molar-refractivity contribution >= 4 is 0 Å². The van der Waals surface area contributed by atoms with Crippen LogP contribution in [0.15, 0.2) is 12.7 Å². The molecule has 2 aliphatic heterocycles. The van der Waals surface area contributed by atoms with E-state index in [1.807, 2.05) is 13.8 Å². The van der Waals surface area contributed by atoms with Crippen molar-refractivity contribution in [3.05, 3.63) is 12.7 Å². The maximum absolute atomic E-state index is 9.57. The van der Waals surface area contributed by atoms with Crippen LogP contribution in [0.2, 0.25) is 0 Å². The topological polar surface area (TPSA) is 47.9 Å². The van der Waals surface area contributed by atoms with E-state index in [-0.39, 0.29) is 18.3 Å². The second kappa shape index (κ2) is 3.31. The summed E-state index contributed by atoms with van der Waals surface area (Å²) < 4.78 is 16.5. The third-order valence-electron chi connectivity index (χ3n) is 2.52. The summed E-state index contributed by atoms with van der Waals surface area (Å²) in [6, 6.07) is 0. The van der Waals surface area contributed by atoms with Gasteiger partial charge in [-0.2, -0.15) is 0 Å². The van der Waals surface area contributed by atoms with E-state index in [9.17, 15) is 5.11 Å². The number of aliphatic hydroxyl groups is 1. The smallest absolute Gasteiger partial charge is 0.184 e. The third kappa shape index (κ3) is 1.59. The summed E-state index contributed by atoms with van der Waals surface area (Å²) in [7, 11) is 0. The SMILES string of the molecule is C=CC[C@@H]1O[C@@H](O)[C@H]2OC(C)(C)O[C@H]21. The van der Waals surface area contributed by atoms with E-state index < -0.39 is 12.1 Å². The molecule has 0 aromatic heterocycles. The van der Waals surface area contributed by atoms with Gasteiger partial charge in [0.25, 0.3) is 0 Å². The van der Waals surface area contributed by atoms with Gasteiger partial charge in [-0.15, -0.1) is 6.58 Å². The molecule has 2 saturated heterocycles. The zero-order valence-electron chi connectivity index (χ0n) is 8.47. The number of ether oxygens (including phenoxy) is 3. The lowest BCUT2D eigenvalue weighted by Gasteiger charge is -2.21. The van der Waals surface area contributed by atoms with Crippen molar-refractivity contribution in [1.29, 1.82) is 0 Å². The van der Waals surface area contributed by atoms with Crippen LogP contribution >= 0.6 is 0 Å². The fourth-order valence-corrected chi connectivity index (χ4v) is 2.01. The summed E-state index contributed by atoms with van der Waals surface area (Å²) in [5.41, 5.74) is 0. The highest BCUT2D eigenvalue weighted by molar-refractivity contribution is 4.96. The van der Waals surface area contributed by atoms with Crippen LogP contribution in [0.25, 0.3) is 0 Å². The number of hydrogen-bond donors (Lipinski definition) is 1. The van der Waals surface area contributed by atoms with E-state index in [0.717, 1.165) is 0 Å². The summed E-state index contributed by atoms with van der Waals surface area (Å²) in [6.07, 6.45) is 0.848. The van der Waals surface area contributed by atoms with E-state index in [1.165, 1.54) is 0 Å². The molecule has 4 heteroatoms. The Morgan fingerprint density at radius 1 is 1.36 bits per heavy atom. The molecule has 0 bridgehead atoms. The predicted octanol–water partition coefficient (Wildman–Crippen LogP) is 0.800. The minimum absolute atomic E-state index is 0.144. The first-order chi connectivity index (χ1) is 6.53. The van der Waals surface area contributed by atoms with Crippen LogP contribution in [0.5, 0.6) is 0 Å². The van der Waals surface area contributed by atoms with Gasteiger partial charge >= 0.3 is 0 Å². The monoisotopic (exact) mass is 200 g/mol. The van der Waals surface area contributed by atoms with Gasteiger partial charge < -0.3 is 19.3 Å². The average molecular weight is 200 g/mol. The van der Waals surface area contributed by atoms with Crippen molar-refractivity contribution in [2.24, 2.45) is 0 Å². The molecule has 80 valence electrons. The Hall–Kier alpha value is -0.420. The minimum atomic E-state index is -0.883. The van der Waals surface area contributed by atoms with Crippen LogP contribution in [0.4, 0.5) is 0 Å². The fraction of sp³-hybridized carbons (Fsp3) is 0.800. The van der Waals surface area contributed by atoms with Gasteiger partial charge in [-0.05, 0) is 20.3 Å². The van der Waals surface area contributed by atoms with E-state index in [1.54, 1.807) is 6.08 Å². The molecular formula is C10H16O4. The molecule has 1 N–H and O–H groups in total. The lowest BCUT2D eigenvalue weighted by molar-refractivity contribution is -0.219. The van der Waals surface area contributed by atoms with Crippen molar-refractivity contribution in [1.82, 2.24) is 0 Å². The Bertz CT molecular complexity index is 238. The van der Waals surface area contributed by atoms with Crippen molar-refractivity contribution in [2.75, 3.05) is 0 Å².